The van der Waals surface area contributed by atoms with Gasteiger partial charge in [-0.3, -0.25) is 4.90 Å². The van der Waals surface area contributed by atoms with E-state index in [1.165, 1.54) is 29.8 Å². The minimum absolute atomic E-state index is 0.370. The second kappa shape index (κ2) is 8.43. The number of hydrogen-bond donors (Lipinski definition) is 1. The molecule has 3 heteroatoms. The number of piperazine rings is 1. The third kappa shape index (κ3) is 4.91. The van der Waals surface area contributed by atoms with Crippen molar-refractivity contribution in [3.63, 3.8) is 0 Å². The van der Waals surface area contributed by atoms with Gasteiger partial charge in [0.1, 0.15) is 0 Å². The Morgan fingerprint density at radius 2 is 1.71 bits per heavy atom. The average molecular weight is 323 g/mol. The fourth-order valence-electron chi connectivity index (χ4n) is 3.32. The minimum atomic E-state index is 0.370. The molecule has 0 unspecified atom stereocenters. The Balaban J connectivity index is 1.66. The van der Waals surface area contributed by atoms with E-state index in [0.29, 0.717) is 6.04 Å². The molecule has 3 rings (SSSR count). The summed E-state index contributed by atoms with van der Waals surface area (Å²) in [4.78, 5) is 5.00. The maximum absolute atomic E-state index is 3.78. The molecule has 1 heterocycles. The normalized spacial score (nSPS) is 17.8. The molecule has 2 aromatic carbocycles. The largest absolute Gasteiger partial charge is 0.305 e. The van der Waals surface area contributed by atoms with E-state index in [1.54, 1.807) is 0 Å². The van der Waals surface area contributed by atoms with Crippen LogP contribution in [0.2, 0.25) is 0 Å². The lowest BCUT2D eigenvalue weighted by molar-refractivity contribution is 0.142. The van der Waals surface area contributed by atoms with Gasteiger partial charge in [0.05, 0.1) is 0 Å². The maximum Gasteiger partial charge on any atom is 0.0451 e. The van der Waals surface area contributed by atoms with Crippen molar-refractivity contribution in [2.75, 3.05) is 39.8 Å². The molecule has 0 amide bonds. The van der Waals surface area contributed by atoms with Crippen LogP contribution in [0.15, 0.2) is 54.6 Å². The molecule has 24 heavy (non-hydrogen) atoms. The van der Waals surface area contributed by atoms with E-state index >= 15 is 0 Å². The molecule has 1 fully saturated rings. The van der Waals surface area contributed by atoms with Crippen LogP contribution in [0.3, 0.4) is 0 Å². The summed E-state index contributed by atoms with van der Waals surface area (Å²) in [5.74, 6) is 0. The van der Waals surface area contributed by atoms with E-state index < -0.39 is 0 Å². The molecule has 0 saturated carbocycles. The zero-order valence-corrected chi connectivity index (χ0v) is 14.9. The molecule has 1 N–H and O–H groups in total. The standard InChI is InChI=1S/C21H29N3/c1-18-7-6-8-19(15-18)16-22-21(20-9-4-3-5-10-20)17-24-13-11-23(2)12-14-24/h3-10,15,21-22H,11-14,16-17H2,1-2H3/t21-/m0/s1. The van der Waals surface area contributed by atoms with E-state index in [0.717, 1.165) is 26.2 Å². The summed E-state index contributed by atoms with van der Waals surface area (Å²) in [6.07, 6.45) is 0. The van der Waals surface area contributed by atoms with E-state index in [9.17, 15) is 0 Å². The smallest absolute Gasteiger partial charge is 0.0451 e. The molecule has 0 bridgehead atoms. The molecule has 0 aliphatic carbocycles. The Morgan fingerprint density at radius 1 is 0.958 bits per heavy atom. The van der Waals surface area contributed by atoms with Crippen molar-refractivity contribution >= 4 is 0 Å². The number of hydrogen-bond acceptors (Lipinski definition) is 3. The lowest BCUT2D eigenvalue weighted by Gasteiger charge is -2.35. The van der Waals surface area contributed by atoms with Crippen molar-refractivity contribution in [1.29, 1.82) is 0 Å². The van der Waals surface area contributed by atoms with Gasteiger partial charge >= 0.3 is 0 Å². The molecular formula is C21H29N3. The van der Waals surface area contributed by atoms with Gasteiger partial charge in [-0.25, -0.2) is 0 Å². The Bertz CT molecular complexity index is 618. The number of aryl methyl sites for hydroxylation is 1. The molecule has 1 aliphatic rings. The molecule has 128 valence electrons. The number of nitrogens with one attached hydrogen (secondary N) is 1. The lowest BCUT2D eigenvalue weighted by Crippen LogP contribution is -2.47. The number of nitrogens with zero attached hydrogens (tertiary/aromatic N) is 2. The maximum atomic E-state index is 3.78. The summed E-state index contributed by atoms with van der Waals surface area (Å²) in [6, 6.07) is 20.0. The molecule has 1 aliphatic heterocycles. The van der Waals surface area contributed by atoms with Gasteiger partial charge in [-0.2, -0.15) is 0 Å². The van der Waals surface area contributed by atoms with Gasteiger partial charge in [0.25, 0.3) is 0 Å². The third-order valence-electron chi connectivity index (χ3n) is 4.87. The molecular weight excluding hydrogens is 294 g/mol. The quantitative estimate of drug-likeness (QED) is 0.881. The van der Waals surface area contributed by atoms with Crippen molar-refractivity contribution in [3.05, 3.63) is 71.3 Å². The molecule has 1 atom stereocenters. The van der Waals surface area contributed by atoms with E-state index in [2.05, 4.69) is 83.7 Å². The minimum Gasteiger partial charge on any atom is -0.305 e. The Kier molecular flexibility index (Phi) is 6.02. The molecule has 3 nitrogen and oxygen atoms in total. The Morgan fingerprint density at radius 3 is 2.42 bits per heavy atom. The third-order valence-corrected chi connectivity index (χ3v) is 4.87. The summed E-state index contributed by atoms with van der Waals surface area (Å²) in [5.41, 5.74) is 4.06. The molecule has 2 aromatic rings. The number of benzene rings is 2. The molecule has 0 aromatic heterocycles. The fourth-order valence-corrected chi connectivity index (χ4v) is 3.32. The first-order valence-corrected chi connectivity index (χ1v) is 8.95. The van der Waals surface area contributed by atoms with Gasteiger partial charge in [0, 0.05) is 45.3 Å². The van der Waals surface area contributed by atoms with Gasteiger partial charge < -0.3 is 10.2 Å². The van der Waals surface area contributed by atoms with Crippen molar-refractivity contribution in [2.45, 2.75) is 19.5 Å². The van der Waals surface area contributed by atoms with Gasteiger partial charge in [0.15, 0.2) is 0 Å². The van der Waals surface area contributed by atoms with E-state index in [1.807, 2.05) is 0 Å². The summed E-state index contributed by atoms with van der Waals surface area (Å²) in [5, 5.41) is 3.78. The summed E-state index contributed by atoms with van der Waals surface area (Å²) in [7, 11) is 2.21. The van der Waals surface area contributed by atoms with Crippen LogP contribution in [0.1, 0.15) is 22.7 Å². The predicted molar refractivity (Wildman–Crippen MR) is 101 cm³/mol. The topological polar surface area (TPSA) is 18.5 Å². The highest BCUT2D eigenvalue weighted by molar-refractivity contribution is 5.23. The van der Waals surface area contributed by atoms with Gasteiger partial charge in [-0.05, 0) is 25.1 Å². The summed E-state index contributed by atoms with van der Waals surface area (Å²) >= 11 is 0. The van der Waals surface area contributed by atoms with Crippen LogP contribution in [0, 0.1) is 6.92 Å². The second-order valence-corrected chi connectivity index (χ2v) is 6.94. The van der Waals surface area contributed by atoms with Crippen LogP contribution in [0.25, 0.3) is 0 Å². The Labute approximate surface area is 146 Å². The first kappa shape index (κ1) is 17.2. The molecule has 0 radical (unpaired) electrons. The van der Waals surface area contributed by atoms with Crippen LogP contribution in [0.4, 0.5) is 0 Å². The highest BCUT2D eigenvalue weighted by Gasteiger charge is 2.19. The van der Waals surface area contributed by atoms with E-state index in [-0.39, 0.29) is 0 Å². The SMILES string of the molecule is Cc1cccc(CN[C@@H](CN2CCN(C)CC2)c2ccccc2)c1. The fraction of sp³-hybridized carbons (Fsp3) is 0.429. The zero-order chi connectivity index (χ0) is 16.8. The van der Waals surface area contributed by atoms with Crippen LogP contribution >= 0.6 is 0 Å². The second-order valence-electron chi connectivity index (χ2n) is 6.94. The zero-order valence-electron chi connectivity index (χ0n) is 14.9. The van der Waals surface area contributed by atoms with Crippen molar-refractivity contribution in [1.82, 2.24) is 15.1 Å². The highest BCUT2D eigenvalue weighted by Crippen LogP contribution is 2.16. The monoisotopic (exact) mass is 323 g/mol. The average Bonchev–Trinajstić information content (AvgIpc) is 2.61. The van der Waals surface area contributed by atoms with Crippen LogP contribution < -0.4 is 5.32 Å². The van der Waals surface area contributed by atoms with Gasteiger partial charge in [0.2, 0.25) is 0 Å². The first-order chi connectivity index (χ1) is 11.7. The van der Waals surface area contributed by atoms with E-state index in [4.69, 9.17) is 0 Å². The van der Waals surface area contributed by atoms with Crippen molar-refractivity contribution in [3.8, 4) is 0 Å². The van der Waals surface area contributed by atoms with Crippen LogP contribution in [0.5, 0.6) is 0 Å². The van der Waals surface area contributed by atoms with Gasteiger partial charge in [-0.1, -0.05) is 60.2 Å². The summed E-state index contributed by atoms with van der Waals surface area (Å²) in [6.45, 7) is 8.79. The number of rotatable bonds is 6. The lowest BCUT2D eigenvalue weighted by atomic mass is 10.0. The Hall–Kier alpha value is -1.68. The molecule has 0 spiro atoms. The highest BCUT2D eigenvalue weighted by atomic mass is 15.3. The number of likely N-dealkylation sites (N-methyl/N-ethyl adjacent to an activating group) is 1. The summed E-state index contributed by atoms with van der Waals surface area (Å²) < 4.78 is 0. The van der Waals surface area contributed by atoms with Crippen LogP contribution in [-0.2, 0) is 6.54 Å². The van der Waals surface area contributed by atoms with Gasteiger partial charge in [-0.15, -0.1) is 0 Å². The molecule has 1 saturated heterocycles. The van der Waals surface area contributed by atoms with Crippen LogP contribution in [-0.4, -0.2) is 49.6 Å². The predicted octanol–water partition coefficient (Wildman–Crippen LogP) is 3.07. The van der Waals surface area contributed by atoms with Crippen molar-refractivity contribution < 1.29 is 0 Å². The van der Waals surface area contributed by atoms with Crippen molar-refractivity contribution in [2.24, 2.45) is 0 Å². The first-order valence-electron chi connectivity index (χ1n) is 8.95.